The lowest BCUT2D eigenvalue weighted by Gasteiger charge is -2.08. The Morgan fingerprint density at radius 1 is 1.13 bits per heavy atom. The Labute approximate surface area is 174 Å². The van der Waals surface area contributed by atoms with Crippen LogP contribution in [-0.2, 0) is 6.54 Å². The number of fused-ring (bicyclic) bond motifs is 1. The number of nitrogens with zero attached hydrogens (tertiary/aromatic N) is 5. The number of hydrogen-bond acceptors (Lipinski definition) is 5. The number of rotatable bonds is 7. The Kier molecular flexibility index (Phi) is 5.47. The third-order valence-corrected chi connectivity index (χ3v) is 4.91. The molecular weight excluding hydrogens is 380 g/mol. The number of ether oxygens (including phenoxy) is 1. The van der Waals surface area contributed by atoms with Gasteiger partial charge in [-0.3, -0.25) is 4.79 Å². The maximum atomic E-state index is 12.5. The van der Waals surface area contributed by atoms with Gasteiger partial charge in [-0.25, -0.2) is 0 Å². The number of tetrazole rings is 1. The average Bonchev–Trinajstić information content (AvgIpc) is 3.41. The number of benzene rings is 2. The molecule has 0 unspecified atom stereocenters. The molecule has 4 rings (SSSR count). The summed E-state index contributed by atoms with van der Waals surface area (Å²) in [6, 6.07) is 15.4. The molecule has 2 aromatic heterocycles. The lowest BCUT2D eigenvalue weighted by Crippen LogP contribution is -2.27. The van der Waals surface area contributed by atoms with Gasteiger partial charge in [-0.05, 0) is 55.5 Å². The summed E-state index contributed by atoms with van der Waals surface area (Å²) >= 11 is 0. The van der Waals surface area contributed by atoms with Gasteiger partial charge < -0.3 is 14.6 Å². The minimum absolute atomic E-state index is 0.113. The Hall–Kier alpha value is -3.68. The summed E-state index contributed by atoms with van der Waals surface area (Å²) in [6.45, 7) is 5.20. The van der Waals surface area contributed by atoms with Crippen LogP contribution in [0.3, 0.4) is 0 Å². The van der Waals surface area contributed by atoms with Crippen molar-refractivity contribution in [2.24, 2.45) is 0 Å². The highest BCUT2D eigenvalue weighted by molar-refractivity contribution is 5.94. The van der Waals surface area contributed by atoms with Crippen LogP contribution >= 0.6 is 0 Å². The van der Waals surface area contributed by atoms with Crippen molar-refractivity contribution in [1.82, 2.24) is 30.1 Å². The zero-order chi connectivity index (χ0) is 21.1. The van der Waals surface area contributed by atoms with Crippen LogP contribution in [0.1, 0.15) is 30.2 Å². The molecule has 30 heavy (non-hydrogen) atoms. The van der Waals surface area contributed by atoms with E-state index >= 15 is 0 Å². The van der Waals surface area contributed by atoms with Crippen molar-refractivity contribution >= 4 is 16.8 Å². The predicted octanol–water partition coefficient (Wildman–Crippen LogP) is 3.31. The van der Waals surface area contributed by atoms with Gasteiger partial charge in [0.05, 0.1) is 13.2 Å². The zero-order valence-corrected chi connectivity index (χ0v) is 17.2. The first-order chi connectivity index (χ1) is 14.5. The topological polar surface area (TPSA) is 86.9 Å². The fraction of sp³-hybridized carbons (Fsp3) is 0.273. The third-order valence-electron chi connectivity index (χ3n) is 4.91. The number of aromatic nitrogens is 5. The summed E-state index contributed by atoms with van der Waals surface area (Å²) in [6.07, 6.45) is 2.02. The highest BCUT2D eigenvalue weighted by atomic mass is 16.5. The first kappa shape index (κ1) is 19.6. The molecule has 1 N–H and O–H groups in total. The summed E-state index contributed by atoms with van der Waals surface area (Å²) in [5.41, 5.74) is 2.53. The Morgan fingerprint density at radius 2 is 1.93 bits per heavy atom. The molecule has 0 aliphatic carbocycles. The van der Waals surface area contributed by atoms with Crippen molar-refractivity contribution in [3.8, 4) is 17.1 Å². The predicted molar refractivity (Wildman–Crippen MR) is 114 cm³/mol. The van der Waals surface area contributed by atoms with E-state index in [4.69, 9.17) is 4.74 Å². The van der Waals surface area contributed by atoms with E-state index in [0.29, 0.717) is 24.5 Å². The minimum atomic E-state index is -0.113. The van der Waals surface area contributed by atoms with Gasteiger partial charge in [0, 0.05) is 41.3 Å². The number of amides is 1. The number of methoxy groups -OCH3 is 1. The Morgan fingerprint density at radius 3 is 2.63 bits per heavy atom. The second kappa shape index (κ2) is 8.36. The van der Waals surface area contributed by atoms with E-state index < -0.39 is 0 Å². The molecule has 0 fully saturated rings. The van der Waals surface area contributed by atoms with Gasteiger partial charge in [0.2, 0.25) is 5.82 Å². The van der Waals surface area contributed by atoms with Crippen LogP contribution in [0.4, 0.5) is 0 Å². The second-order valence-electron chi connectivity index (χ2n) is 7.29. The van der Waals surface area contributed by atoms with Gasteiger partial charge in [-0.15, -0.1) is 10.2 Å². The minimum Gasteiger partial charge on any atom is -0.497 e. The van der Waals surface area contributed by atoms with Crippen LogP contribution in [0.15, 0.2) is 54.7 Å². The molecule has 0 aliphatic heterocycles. The maximum Gasteiger partial charge on any atom is 0.251 e. The van der Waals surface area contributed by atoms with E-state index in [1.165, 1.54) is 0 Å². The standard InChI is InChI=1S/C22H24N6O2/c1-15(2)28-25-21(24-26-28)16-4-6-17(7-5-16)22(29)23-11-13-27-12-10-18-14-19(30-3)8-9-20(18)27/h4-10,12,14-15H,11,13H2,1-3H3,(H,23,29). The summed E-state index contributed by atoms with van der Waals surface area (Å²) in [5, 5.41) is 16.5. The van der Waals surface area contributed by atoms with E-state index in [-0.39, 0.29) is 11.9 Å². The van der Waals surface area contributed by atoms with E-state index in [1.807, 2.05) is 56.4 Å². The molecule has 0 aliphatic rings. The van der Waals surface area contributed by atoms with Crippen LogP contribution in [0.5, 0.6) is 5.75 Å². The molecule has 8 heteroatoms. The monoisotopic (exact) mass is 404 g/mol. The summed E-state index contributed by atoms with van der Waals surface area (Å²) in [4.78, 5) is 14.0. The fourth-order valence-corrected chi connectivity index (χ4v) is 3.22. The summed E-state index contributed by atoms with van der Waals surface area (Å²) in [7, 11) is 1.66. The largest absolute Gasteiger partial charge is 0.497 e. The molecule has 0 radical (unpaired) electrons. The summed E-state index contributed by atoms with van der Waals surface area (Å²) < 4.78 is 7.38. The van der Waals surface area contributed by atoms with Crippen LogP contribution in [0.2, 0.25) is 0 Å². The van der Waals surface area contributed by atoms with Crippen LogP contribution < -0.4 is 10.1 Å². The molecule has 2 aromatic carbocycles. The average molecular weight is 404 g/mol. The smallest absolute Gasteiger partial charge is 0.251 e. The lowest BCUT2D eigenvalue weighted by molar-refractivity contribution is 0.0952. The molecule has 154 valence electrons. The SMILES string of the molecule is COc1ccc2c(ccn2CCNC(=O)c2ccc(-c3nnn(C(C)C)n3)cc2)c1. The van der Waals surface area contributed by atoms with E-state index in [2.05, 4.69) is 25.3 Å². The molecule has 4 aromatic rings. The van der Waals surface area contributed by atoms with Crippen molar-refractivity contribution in [2.45, 2.75) is 26.4 Å². The maximum absolute atomic E-state index is 12.5. The second-order valence-corrected chi connectivity index (χ2v) is 7.29. The van der Waals surface area contributed by atoms with Crippen molar-refractivity contribution in [3.05, 3.63) is 60.3 Å². The number of carbonyl (C=O) groups excluding carboxylic acids is 1. The highest BCUT2D eigenvalue weighted by Gasteiger charge is 2.10. The molecule has 1 amide bonds. The van der Waals surface area contributed by atoms with Crippen molar-refractivity contribution in [2.75, 3.05) is 13.7 Å². The van der Waals surface area contributed by atoms with E-state index in [9.17, 15) is 4.79 Å². The van der Waals surface area contributed by atoms with Gasteiger partial charge in [-0.1, -0.05) is 12.1 Å². The molecule has 0 atom stereocenters. The van der Waals surface area contributed by atoms with Gasteiger partial charge in [0.25, 0.3) is 5.91 Å². The molecular formula is C22H24N6O2. The van der Waals surface area contributed by atoms with Crippen molar-refractivity contribution in [1.29, 1.82) is 0 Å². The van der Waals surface area contributed by atoms with E-state index in [0.717, 1.165) is 22.2 Å². The van der Waals surface area contributed by atoms with Gasteiger partial charge in [-0.2, -0.15) is 4.80 Å². The zero-order valence-electron chi connectivity index (χ0n) is 17.2. The highest BCUT2D eigenvalue weighted by Crippen LogP contribution is 2.21. The van der Waals surface area contributed by atoms with Crippen molar-refractivity contribution in [3.63, 3.8) is 0 Å². The molecule has 2 heterocycles. The molecule has 0 spiro atoms. The molecule has 0 saturated heterocycles. The first-order valence-corrected chi connectivity index (χ1v) is 9.86. The van der Waals surface area contributed by atoms with Gasteiger partial charge in [0.1, 0.15) is 5.75 Å². The number of hydrogen-bond donors (Lipinski definition) is 1. The van der Waals surface area contributed by atoms with Crippen LogP contribution in [0, 0.1) is 0 Å². The van der Waals surface area contributed by atoms with E-state index in [1.54, 1.807) is 24.0 Å². The number of carbonyl (C=O) groups is 1. The normalized spacial score (nSPS) is 11.2. The molecule has 8 nitrogen and oxygen atoms in total. The molecule has 0 saturated carbocycles. The number of nitrogens with one attached hydrogen (secondary N) is 1. The van der Waals surface area contributed by atoms with Crippen LogP contribution in [-0.4, -0.2) is 44.3 Å². The Bertz CT molecular complexity index is 1160. The lowest BCUT2D eigenvalue weighted by atomic mass is 10.1. The van der Waals surface area contributed by atoms with Gasteiger partial charge in [0.15, 0.2) is 0 Å². The molecule has 0 bridgehead atoms. The Balaban J connectivity index is 1.36. The fourth-order valence-electron chi connectivity index (χ4n) is 3.22. The third kappa shape index (κ3) is 4.03. The quantitative estimate of drug-likeness (QED) is 0.511. The summed E-state index contributed by atoms with van der Waals surface area (Å²) in [5.74, 6) is 1.27. The van der Waals surface area contributed by atoms with Gasteiger partial charge >= 0.3 is 0 Å². The van der Waals surface area contributed by atoms with Crippen LogP contribution in [0.25, 0.3) is 22.3 Å². The van der Waals surface area contributed by atoms with Crippen molar-refractivity contribution < 1.29 is 9.53 Å². The first-order valence-electron chi connectivity index (χ1n) is 9.86.